The fourth-order valence-electron chi connectivity index (χ4n) is 2.10. The first-order chi connectivity index (χ1) is 9.70. The molecule has 0 spiro atoms. The van der Waals surface area contributed by atoms with Crippen LogP contribution in [-0.4, -0.2) is 11.9 Å². The van der Waals surface area contributed by atoms with E-state index in [1.54, 1.807) is 12.1 Å². The van der Waals surface area contributed by atoms with Gasteiger partial charge in [-0.05, 0) is 30.5 Å². The van der Waals surface area contributed by atoms with Gasteiger partial charge in [0.1, 0.15) is 0 Å². The lowest BCUT2D eigenvalue weighted by atomic mass is 10.0. The molecule has 3 heteroatoms. The van der Waals surface area contributed by atoms with Crippen LogP contribution < -0.4 is 5.32 Å². The molecular weight excluding hydrogens is 270 g/mol. The molecule has 1 amide bonds. The van der Waals surface area contributed by atoms with Crippen molar-refractivity contribution < 1.29 is 4.79 Å². The average molecular weight is 288 g/mol. The smallest absolute Gasteiger partial charge is 0.253 e. The van der Waals surface area contributed by atoms with E-state index in [-0.39, 0.29) is 11.9 Å². The molecule has 0 fully saturated rings. The zero-order valence-electron chi connectivity index (χ0n) is 11.5. The van der Waals surface area contributed by atoms with Crippen LogP contribution in [0.4, 0.5) is 0 Å². The number of carbonyl (C=O) groups is 1. The van der Waals surface area contributed by atoms with Crippen LogP contribution in [0.5, 0.6) is 0 Å². The van der Waals surface area contributed by atoms with E-state index in [4.69, 9.17) is 11.6 Å². The molecule has 0 saturated heterocycles. The molecule has 0 bridgehead atoms. The molecule has 2 nitrogen and oxygen atoms in total. The fourth-order valence-corrected chi connectivity index (χ4v) is 2.33. The molecule has 0 unspecified atom stereocenters. The molecule has 2 aromatic carbocycles. The first-order valence-corrected chi connectivity index (χ1v) is 7.17. The van der Waals surface area contributed by atoms with Gasteiger partial charge < -0.3 is 5.32 Å². The Hall–Kier alpha value is -1.80. The Kier molecular flexibility index (Phi) is 5.19. The summed E-state index contributed by atoms with van der Waals surface area (Å²) in [5.74, 6) is -0.113. The highest BCUT2D eigenvalue weighted by atomic mass is 35.5. The summed E-state index contributed by atoms with van der Waals surface area (Å²) >= 11 is 6.05. The summed E-state index contributed by atoms with van der Waals surface area (Å²) in [6.45, 7) is 2.07. The Morgan fingerprint density at radius 3 is 2.40 bits per heavy atom. The Balaban J connectivity index is 2.03. The van der Waals surface area contributed by atoms with Crippen molar-refractivity contribution in [2.24, 2.45) is 0 Å². The number of rotatable bonds is 5. The molecule has 2 rings (SSSR count). The second-order valence-corrected chi connectivity index (χ2v) is 5.16. The minimum Gasteiger partial charge on any atom is -0.349 e. The summed E-state index contributed by atoms with van der Waals surface area (Å²) < 4.78 is 0. The zero-order chi connectivity index (χ0) is 14.4. The van der Waals surface area contributed by atoms with Crippen LogP contribution in [-0.2, 0) is 6.42 Å². The third-order valence-electron chi connectivity index (χ3n) is 3.27. The predicted octanol–water partition coefficient (Wildman–Crippen LogP) is 4.09. The van der Waals surface area contributed by atoms with Crippen molar-refractivity contribution in [1.29, 1.82) is 0 Å². The van der Waals surface area contributed by atoms with Crippen LogP contribution in [0, 0.1) is 0 Å². The number of halogens is 1. The lowest BCUT2D eigenvalue weighted by Crippen LogP contribution is -2.36. The van der Waals surface area contributed by atoms with Crippen LogP contribution in [0.15, 0.2) is 54.6 Å². The molecule has 20 heavy (non-hydrogen) atoms. The number of hydrogen-bond acceptors (Lipinski definition) is 1. The van der Waals surface area contributed by atoms with Gasteiger partial charge in [-0.2, -0.15) is 0 Å². The van der Waals surface area contributed by atoms with Gasteiger partial charge >= 0.3 is 0 Å². The minimum absolute atomic E-state index is 0.112. The molecule has 104 valence electrons. The van der Waals surface area contributed by atoms with E-state index in [0.29, 0.717) is 10.6 Å². The quantitative estimate of drug-likeness (QED) is 0.882. The van der Waals surface area contributed by atoms with Crippen molar-refractivity contribution in [3.63, 3.8) is 0 Å². The Morgan fingerprint density at radius 1 is 1.10 bits per heavy atom. The summed E-state index contributed by atoms with van der Waals surface area (Å²) in [6.07, 6.45) is 1.71. The van der Waals surface area contributed by atoms with Gasteiger partial charge in [0.15, 0.2) is 0 Å². The minimum atomic E-state index is -0.113. The van der Waals surface area contributed by atoms with Gasteiger partial charge in [-0.25, -0.2) is 0 Å². The third-order valence-corrected chi connectivity index (χ3v) is 3.60. The van der Waals surface area contributed by atoms with Gasteiger partial charge in [0, 0.05) is 6.04 Å². The van der Waals surface area contributed by atoms with Crippen molar-refractivity contribution in [2.75, 3.05) is 0 Å². The van der Waals surface area contributed by atoms with Gasteiger partial charge in [-0.3, -0.25) is 4.79 Å². The molecule has 1 atom stereocenters. The van der Waals surface area contributed by atoms with Gasteiger partial charge in [-0.15, -0.1) is 0 Å². The zero-order valence-corrected chi connectivity index (χ0v) is 12.2. The van der Waals surface area contributed by atoms with E-state index in [0.717, 1.165) is 12.8 Å². The van der Waals surface area contributed by atoms with Crippen molar-refractivity contribution in [2.45, 2.75) is 25.8 Å². The van der Waals surface area contributed by atoms with Gasteiger partial charge in [0.05, 0.1) is 10.6 Å². The van der Waals surface area contributed by atoms with Crippen molar-refractivity contribution in [3.05, 3.63) is 70.7 Å². The highest BCUT2D eigenvalue weighted by molar-refractivity contribution is 6.33. The normalized spacial score (nSPS) is 11.9. The van der Waals surface area contributed by atoms with Crippen molar-refractivity contribution in [3.8, 4) is 0 Å². The molecule has 0 radical (unpaired) electrons. The van der Waals surface area contributed by atoms with Crippen LogP contribution in [0.1, 0.15) is 29.3 Å². The molecule has 2 aromatic rings. The van der Waals surface area contributed by atoms with E-state index >= 15 is 0 Å². The molecule has 0 aromatic heterocycles. The topological polar surface area (TPSA) is 29.1 Å². The number of amides is 1. The fraction of sp³-hybridized carbons (Fsp3) is 0.235. The second-order valence-electron chi connectivity index (χ2n) is 4.75. The molecule has 0 saturated carbocycles. The number of benzene rings is 2. The number of carbonyl (C=O) groups excluding carboxylic acids is 1. The van der Waals surface area contributed by atoms with Crippen LogP contribution in [0.2, 0.25) is 5.02 Å². The van der Waals surface area contributed by atoms with Gasteiger partial charge in [0.2, 0.25) is 0 Å². The predicted molar refractivity (Wildman–Crippen MR) is 83.1 cm³/mol. The molecule has 0 heterocycles. The average Bonchev–Trinajstić information content (AvgIpc) is 2.48. The van der Waals surface area contributed by atoms with Crippen LogP contribution >= 0.6 is 11.6 Å². The van der Waals surface area contributed by atoms with Crippen molar-refractivity contribution in [1.82, 2.24) is 5.32 Å². The van der Waals surface area contributed by atoms with Crippen LogP contribution in [0.3, 0.4) is 0 Å². The van der Waals surface area contributed by atoms with Crippen LogP contribution in [0.25, 0.3) is 0 Å². The summed E-state index contributed by atoms with van der Waals surface area (Å²) in [7, 11) is 0. The summed E-state index contributed by atoms with van der Waals surface area (Å²) in [5, 5.41) is 3.53. The Labute approximate surface area is 124 Å². The molecule has 0 aliphatic heterocycles. The number of nitrogens with one attached hydrogen (secondary N) is 1. The standard InChI is InChI=1S/C17H18ClNO/c1-2-14(12-13-8-4-3-5-9-13)19-17(20)15-10-6-7-11-16(15)18/h3-11,14H,2,12H2,1H3,(H,19,20)/t14-/m0/s1. The maximum absolute atomic E-state index is 12.2. The summed E-state index contributed by atoms with van der Waals surface area (Å²) in [6, 6.07) is 17.4. The lowest BCUT2D eigenvalue weighted by Gasteiger charge is -2.17. The molecule has 0 aliphatic rings. The molecular formula is C17H18ClNO. The van der Waals surface area contributed by atoms with Gasteiger partial charge in [-0.1, -0.05) is 61.0 Å². The van der Waals surface area contributed by atoms with E-state index in [1.807, 2.05) is 30.3 Å². The first-order valence-electron chi connectivity index (χ1n) is 6.80. The van der Waals surface area contributed by atoms with Crippen molar-refractivity contribution >= 4 is 17.5 Å². The maximum atomic E-state index is 12.2. The van der Waals surface area contributed by atoms with E-state index < -0.39 is 0 Å². The first kappa shape index (κ1) is 14.6. The van der Waals surface area contributed by atoms with E-state index in [9.17, 15) is 4.79 Å². The van der Waals surface area contributed by atoms with E-state index in [1.165, 1.54) is 5.56 Å². The highest BCUT2D eigenvalue weighted by Gasteiger charge is 2.14. The number of hydrogen-bond donors (Lipinski definition) is 1. The monoisotopic (exact) mass is 287 g/mol. The van der Waals surface area contributed by atoms with E-state index in [2.05, 4.69) is 24.4 Å². The molecule has 0 aliphatic carbocycles. The lowest BCUT2D eigenvalue weighted by molar-refractivity contribution is 0.0936. The maximum Gasteiger partial charge on any atom is 0.253 e. The second kappa shape index (κ2) is 7.11. The third kappa shape index (κ3) is 3.84. The largest absolute Gasteiger partial charge is 0.349 e. The SMILES string of the molecule is CC[C@@H](Cc1ccccc1)NC(=O)c1ccccc1Cl. The summed E-state index contributed by atoms with van der Waals surface area (Å²) in [5.41, 5.74) is 1.75. The molecule has 1 N–H and O–H groups in total. The summed E-state index contributed by atoms with van der Waals surface area (Å²) in [4.78, 5) is 12.2. The van der Waals surface area contributed by atoms with Gasteiger partial charge in [0.25, 0.3) is 5.91 Å². The Bertz CT molecular complexity index is 568. The highest BCUT2D eigenvalue weighted by Crippen LogP contribution is 2.15. The Morgan fingerprint density at radius 2 is 1.75 bits per heavy atom.